The van der Waals surface area contributed by atoms with Gasteiger partial charge in [-0.3, -0.25) is 4.79 Å². The number of nitrogens with zero attached hydrogens (tertiary/aromatic N) is 1. The lowest BCUT2D eigenvalue weighted by molar-refractivity contribution is 0.0730. The number of benzene rings is 2. The first-order valence-corrected chi connectivity index (χ1v) is 10.4. The highest BCUT2D eigenvalue weighted by molar-refractivity contribution is 7.89. The molecule has 27 heavy (non-hydrogen) atoms. The number of hydrogen-bond donors (Lipinski definition) is 1. The number of hydrogen-bond acceptors (Lipinski definition) is 4. The summed E-state index contributed by atoms with van der Waals surface area (Å²) in [6.07, 6.45) is 0. The summed E-state index contributed by atoms with van der Waals surface area (Å²) < 4.78 is 32.5. The van der Waals surface area contributed by atoms with Crippen molar-refractivity contribution in [3.8, 4) is 0 Å². The van der Waals surface area contributed by atoms with Crippen LogP contribution in [0.25, 0.3) is 0 Å². The van der Waals surface area contributed by atoms with Crippen LogP contribution in [0.15, 0.2) is 41.3 Å². The van der Waals surface area contributed by atoms with Crippen molar-refractivity contribution in [3.63, 3.8) is 0 Å². The summed E-state index contributed by atoms with van der Waals surface area (Å²) in [6, 6.07) is 9.26. The monoisotopic (exact) mass is 428 g/mol. The molecule has 144 valence electrons. The molecule has 1 N–H and O–H groups in total. The van der Waals surface area contributed by atoms with Crippen LogP contribution in [0, 0.1) is 6.92 Å². The van der Waals surface area contributed by atoms with Gasteiger partial charge in [0, 0.05) is 34.4 Å². The molecule has 0 atom stereocenters. The van der Waals surface area contributed by atoms with Gasteiger partial charge in [0.05, 0.1) is 18.1 Å². The topological polar surface area (TPSA) is 75.7 Å². The molecule has 0 unspecified atom stereocenters. The van der Waals surface area contributed by atoms with E-state index < -0.39 is 15.9 Å². The number of carbonyl (C=O) groups is 1. The smallest absolute Gasteiger partial charge is 0.255 e. The van der Waals surface area contributed by atoms with E-state index in [4.69, 9.17) is 27.9 Å². The van der Waals surface area contributed by atoms with E-state index in [1.165, 1.54) is 10.4 Å². The van der Waals surface area contributed by atoms with E-state index in [-0.39, 0.29) is 10.5 Å². The first-order valence-electron chi connectivity index (χ1n) is 8.23. The van der Waals surface area contributed by atoms with E-state index in [0.29, 0.717) is 47.6 Å². The van der Waals surface area contributed by atoms with Crippen LogP contribution in [-0.4, -0.2) is 44.9 Å². The molecule has 2 aromatic carbocycles. The van der Waals surface area contributed by atoms with Crippen molar-refractivity contribution in [3.05, 3.63) is 57.6 Å². The van der Waals surface area contributed by atoms with Crippen LogP contribution < -0.4 is 5.32 Å². The maximum atomic E-state index is 12.9. The normalized spacial score (nSPS) is 15.5. The van der Waals surface area contributed by atoms with Gasteiger partial charge in [0.2, 0.25) is 10.0 Å². The number of morpholine rings is 1. The molecular formula is C18H18Cl2N2O4S. The minimum atomic E-state index is -3.70. The zero-order valence-corrected chi connectivity index (χ0v) is 16.9. The van der Waals surface area contributed by atoms with Crippen molar-refractivity contribution < 1.29 is 17.9 Å². The lowest BCUT2D eigenvalue weighted by Crippen LogP contribution is -2.40. The summed E-state index contributed by atoms with van der Waals surface area (Å²) in [5.41, 5.74) is 1.23. The van der Waals surface area contributed by atoms with Crippen LogP contribution in [0.1, 0.15) is 15.9 Å². The van der Waals surface area contributed by atoms with Crippen LogP contribution in [0.4, 0.5) is 5.69 Å². The Hall–Kier alpha value is -1.64. The van der Waals surface area contributed by atoms with Crippen molar-refractivity contribution in [1.29, 1.82) is 0 Å². The molecule has 0 bridgehead atoms. The van der Waals surface area contributed by atoms with Gasteiger partial charge in [0.1, 0.15) is 0 Å². The number of ether oxygens (including phenoxy) is 1. The lowest BCUT2D eigenvalue weighted by atomic mass is 10.1. The molecule has 1 saturated heterocycles. The van der Waals surface area contributed by atoms with Gasteiger partial charge in [-0.25, -0.2) is 8.42 Å². The van der Waals surface area contributed by atoms with Crippen LogP contribution in [0.3, 0.4) is 0 Å². The first kappa shape index (κ1) is 20.1. The number of anilines is 1. The standard InChI is InChI=1S/C18H18Cl2N2O4S/c1-12-2-3-13(18(23)21-16-10-14(19)9-15(20)11-16)8-17(12)27(24,25)22-4-6-26-7-5-22/h2-3,8-11H,4-7H2,1H3,(H,21,23). The number of carbonyl (C=O) groups excluding carboxylic acids is 1. The van der Waals surface area contributed by atoms with Crippen LogP contribution in [0.5, 0.6) is 0 Å². The van der Waals surface area contributed by atoms with Crippen molar-refractivity contribution in [2.24, 2.45) is 0 Å². The molecule has 1 heterocycles. The molecule has 0 saturated carbocycles. The number of nitrogens with one attached hydrogen (secondary N) is 1. The molecule has 0 aromatic heterocycles. The van der Waals surface area contributed by atoms with Gasteiger partial charge in [0.15, 0.2) is 0 Å². The average Bonchev–Trinajstić information content (AvgIpc) is 2.61. The van der Waals surface area contributed by atoms with Gasteiger partial charge in [-0.2, -0.15) is 4.31 Å². The molecule has 1 aliphatic rings. The Morgan fingerprint density at radius 1 is 1.07 bits per heavy atom. The molecule has 1 aliphatic heterocycles. The van der Waals surface area contributed by atoms with E-state index in [2.05, 4.69) is 5.32 Å². The molecule has 0 radical (unpaired) electrons. The minimum absolute atomic E-state index is 0.112. The summed E-state index contributed by atoms with van der Waals surface area (Å²) in [5.74, 6) is -0.452. The Bertz CT molecular complexity index is 953. The van der Waals surface area contributed by atoms with E-state index in [1.54, 1.807) is 37.3 Å². The van der Waals surface area contributed by atoms with Gasteiger partial charge in [-0.15, -0.1) is 0 Å². The maximum absolute atomic E-state index is 12.9. The van der Waals surface area contributed by atoms with Gasteiger partial charge < -0.3 is 10.1 Å². The summed E-state index contributed by atoms with van der Waals surface area (Å²) in [6.45, 7) is 2.99. The molecule has 0 aliphatic carbocycles. The van der Waals surface area contributed by atoms with Crippen LogP contribution in [-0.2, 0) is 14.8 Å². The highest BCUT2D eigenvalue weighted by Gasteiger charge is 2.28. The van der Waals surface area contributed by atoms with Crippen LogP contribution >= 0.6 is 23.2 Å². The van der Waals surface area contributed by atoms with Crippen molar-refractivity contribution >= 4 is 44.8 Å². The second-order valence-electron chi connectivity index (χ2n) is 6.11. The Labute approximate surface area is 168 Å². The van der Waals surface area contributed by atoms with Crippen molar-refractivity contribution in [2.45, 2.75) is 11.8 Å². The van der Waals surface area contributed by atoms with Gasteiger partial charge >= 0.3 is 0 Å². The predicted octanol–water partition coefficient (Wildman–Crippen LogP) is 3.58. The highest BCUT2D eigenvalue weighted by atomic mass is 35.5. The lowest BCUT2D eigenvalue weighted by Gasteiger charge is -2.26. The quantitative estimate of drug-likeness (QED) is 0.807. The second-order valence-corrected chi connectivity index (χ2v) is 8.89. The Balaban J connectivity index is 1.89. The molecule has 1 fully saturated rings. The van der Waals surface area contributed by atoms with E-state index in [1.807, 2.05) is 0 Å². The fourth-order valence-corrected chi connectivity index (χ4v) is 4.96. The molecule has 9 heteroatoms. The molecule has 6 nitrogen and oxygen atoms in total. The molecule has 3 rings (SSSR count). The Morgan fingerprint density at radius 3 is 2.33 bits per heavy atom. The number of sulfonamides is 1. The molecule has 0 spiro atoms. The molecule has 2 aromatic rings. The van der Waals surface area contributed by atoms with Crippen molar-refractivity contribution in [2.75, 3.05) is 31.6 Å². The minimum Gasteiger partial charge on any atom is -0.379 e. The maximum Gasteiger partial charge on any atom is 0.255 e. The van der Waals surface area contributed by atoms with Gasteiger partial charge in [-0.05, 0) is 42.8 Å². The Morgan fingerprint density at radius 2 is 1.70 bits per heavy atom. The number of amides is 1. The number of rotatable bonds is 4. The third-order valence-corrected chi connectivity index (χ3v) is 6.64. The van der Waals surface area contributed by atoms with E-state index in [9.17, 15) is 13.2 Å². The second kappa shape index (κ2) is 8.16. The van der Waals surface area contributed by atoms with E-state index in [0.717, 1.165) is 0 Å². The zero-order chi connectivity index (χ0) is 19.6. The summed E-state index contributed by atoms with van der Waals surface area (Å²) in [4.78, 5) is 12.7. The third-order valence-electron chi connectivity index (χ3n) is 4.16. The third kappa shape index (κ3) is 4.62. The fourth-order valence-electron chi connectivity index (χ4n) is 2.77. The summed E-state index contributed by atoms with van der Waals surface area (Å²) >= 11 is 11.9. The fraction of sp³-hybridized carbons (Fsp3) is 0.278. The van der Waals surface area contributed by atoms with Crippen molar-refractivity contribution in [1.82, 2.24) is 4.31 Å². The summed E-state index contributed by atoms with van der Waals surface area (Å²) in [7, 11) is -3.70. The largest absolute Gasteiger partial charge is 0.379 e. The zero-order valence-electron chi connectivity index (χ0n) is 14.5. The first-order chi connectivity index (χ1) is 12.8. The van der Waals surface area contributed by atoms with E-state index >= 15 is 0 Å². The Kier molecular flexibility index (Phi) is 6.08. The highest BCUT2D eigenvalue weighted by Crippen LogP contribution is 2.25. The molecular weight excluding hydrogens is 411 g/mol. The summed E-state index contributed by atoms with van der Waals surface area (Å²) in [5, 5.41) is 3.45. The van der Waals surface area contributed by atoms with Gasteiger partial charge in [0.25, 0.3) is 5.91 Å². The number of halogens is 2. The predicted molar refractivity (Wildman–Crippen MR) is 105 cm³/mol. The number of aryl methyl sites for hydroxylation is 1. The van der Waals surface area contributed by atoms with Crippen LogP contribution in [0.2, 0.25) is 10.0 Å². The SMILES string of the molecule is Cc1ccc(C(=O)Nc2cc(Cl)cc(Cl)c2)cc1S(=O)(=O)N1CCOCC1. The van der Waals surface area contributed by atoms with Gasteiger partial charge in [-0.1, -0.05) is 29.3 Å². The average molecular weight is 429 g/mol. The molecule has 1 amide bonds.